The van der Waals surface area contributed by atoms with Crippen LogP contribution in [0.1, 0.15) is 0 Å². The molecule has 0 saturated carbocycles. The Bertz CT molecular complexity index is 4110. The van der Waals surface area contributed by atoms with Gasteiger partial charge in [-0.2, -0.15) is 0 Å². The third kappa shape index (κ3) is 5.64. The number of benzene rings is 9. The van der Waals surface area contributed by atoms with Gasteiger partial charge in [0.2, 0.25) is 0 Å². The molecule has 0 bridgehead atoms. The van der Waals surface area contributed by atoms with Crippen LogP contribution in [0, 0.1) is 0 Å². The molecule has 9 aromatic carbocycles. The summed E-state index contributed by atoms with van der Waals surface area (Å²) in [5.41, 5.74) is 11.7. The summed E-state index contributed by atoms with van der Waals surface area (Å²) in [5, 5.41) is 10.5. The van der Waals surface area contributed by atoms with Gasteiger partial charge in [0.25, 0.3) is 0 Å². The Morgan fingerprint density at radius 2 is 0.938 bits per heavy atom. The van der Waals surface area contributed by atoms with Gasteiger partial charge in [-0.3, -0.25) is 0 Å². The zero-order valence-electron chi connectivity index (χ0n) is 34.6. The second-order valence-corrected chi connectivity index (χ2v) is 18.7. The van der Waals surface area contributed by atoms with Crippen LogP contribution in [0.3, 0.4) is 0 Å². The van der Waals surface area contributed by atoms with E-state index in [-0.39, 0.29) is 0 Å². The summed E-state index contributed by atoms with van der Waals surface area (Å²) >= 11 is 3.63. The highest BCUT2D eigenvalue weighted by Crippen LogP contribution is 2.47. The molecule has 302 valence electrons. The number of fused-ring (bicyclic) bond motifs is 13. The van der Waals surface area contributed by atoms with E-state index in [1.165, 1.54) is 40.3 Å². The van der Waals surface area contributed by atoms with Gasteiger partial charge in [-0.15, -0.1) is 22.7 Å². The van der Waals surface area contributed by atoms with E-state index in [9.17, 15) is 0 Å². The van der Waals surface area contributed by atoms with Crippen LogP contribution in [0.25, 0.3) is 140 Å². The molecule has 65 heavy (non-hydrogen) atoms. The fourth-order valence-corrected chi connectivity index (χ4v) is 12.3. The minimum Gasteiger partial charge on any atom is -0.455 e. The predicted octanol–water partition coefficient (Wildman–Crippen LogP) is 17.1. The summed E-state index contributed by atoms with van der Waals surface area (Å²) in [6, 6.07) is 71.0. The van der Waals surface area contributed by atoms with Crippen LogP contribution in [0.15, 0.2) is 205 Å². The molecule has 0 radical (unpaired) electrons. The number of hydrogen-bond acceptors (Lipinski definition) is 6. The highest BCUT2D eigenvalue weighted by molar-refractivity contribution is 7.26. The van der Waals surface area contributed by atoms with Crippen LogP contribution in [-0.4, -0.2) is 15.0 Å². The molecule has 0 N–H and O–H groups in total. The third-order valence-corrected chi connectivity index (χ3v) is 15.3. The minimum absolute atomic E-state index is 0.712. The van der Waals surface area contributed by atoms with Crippen molar-refractivity contribution in [1.82, 2.24) is 15.0 Å². The summed E-state index contributed by atoms with van der Waals surface area (Å²) < 4.78 is 11.8. The van der Waals surface area contributed by atoms with Crippen LogP contribution in [0.5, 0.6) is 0 Å². The smallest absolute Gasteiger partial charge is 0.161 e. The molecule has 0 aliphatic heterocycles. The van der Waals surface area contributed by atoms with Crippen LogP contribution in [-0.2, 0) is 0 Å². The van der Waals surface area contributed by atoms with Crippen LogP contribution < -0.4 is 0 Å². The molecule has 0 atom stereocenters. The monoisotopic (exact) mass is 863 g/mol. The average Bonchev–Trinajstić information content (AvgIpc) is 4.08. The van der Waals surface area contributed by atoms with Crippen LogP contribution >= 0.6 is 22.7 Å². The van der Waals surface area contributed by atoms with Gasteiger partial charge in [0.1, 0.15) is 11.2 Å². The van der Waals surface area contributed by atoms with Crippen molar-refractivity contribution >= 4 is 107 Å². The number of thiophene rings is 2. The first-order valence-electron chi connectivity index (χ1n) is 21.8. The third-order valence-electron chi connectivity index (χ3n) is 12.9. The first kappa shape index (κ1) is 36.5. The number of aromatic nitrogens is 3. The average molecular weight is 864 g/mol. The molecule has 0 unspecified atom stereocenters. The fraction of sp³-hybridized carbons (Fsp3) is 0. The SMILES string of the molecule is c1ccc(-c2nc3ccccc3c3c2cc(-c2ccc(-c4cc(-c5cccc6c5sc5ccccc56)nc(-c5cccc6c5sc5ccccc56)n4)cc2)c2oc4ccccc4c23)cc1. The van der Waals surface area contributed by atoms with Crippen molar-refractivity contribution in [2.45, 2.75) is 0 Å². The lowest BCUT2D eigenvalue weighted by molar-refractivity contribution is 0.670. The van der Waals surface area contributed by atoms with Gasteiger partial charge >= 0.3 is 0 Å². The van der Waals surface area contributed by atoms with Gasteiger partial charge in [-0.1, -0.05) is 158 Å². The quantitative estimate of drug-likeness (QED) is 0.162. The van der Waals surface area contributed by atoms with Crippen molar-refractivity contribution in [2.75, 3.05) is 0 Å². The van der Waals surface area contributed by atoms with E-state index in [2.05, 4.69) is 194 Å². The Labute approximate surface area is 380 Å². The van der Waals surface area contributed by atoms with Crippen molar-refractivity contribution in [2.24, 2.45) is 0 Å². The Hall–Kier alpha value is -8.03. The van der Waals surface area contributed by atoms with Gasteiger partial charge in [0, 0.05) is 95.1 Å². The molecule has 0 saturated heterocycles. The van der Waals surface area contributed by atoms with E-state index in [4.69, 9.17) is 19.4 Å². The number of hydrogen-bond donors (Lipinski definition) is 0. The van der Waals surface area contributed by atoms with E-state index in [0.29, 0.717) is 5.82 Å². The van der Waals surface area contributed by atoms with E-state index < -0.39 is 0 Å². The zero-order chi connectivity index (χ0) is 42.6. The van der Waals surface area contributed by atoms with Gasteiger partial charge < -0.3 is 4.42 Å². The molecular weight excluding hydrogens is 831 g/mol. The molecule has 4 nitrogen and oxygen atoms in total. The van der Waals surface area contributed by atoms with Crippen molar-refractivity contribution in [3.8, 4) is 56.3 Å². The molecule has 0 aliphatic rings. The normalized spacial score (nSPS) is 12.0. The lowest BCUT2D eigenvalue weighted by Gasteiger charge is -2.14. The predicted molar refractivity (Wildman–Crippen MR) is 275 cm³/mol. The summed E-state index contributed by atoms with van der Waals surface area (Å²) in [6.45, 7) is 0. The van der Waals surface area contributed by atoms with E-state index >= 15 is 0 Å². The van der Waals surface area contributed by atoms with E-state index in [0.717, 1.165) is 94.1 Å². The first-order chi connectivity index (χ1) is 32.2. The Kier molecular flexibility index (Phi) is 7.99. The lowest BCUT2D eigenvalue weighted by atomic mass is 9.91. The Balaban J connectivity index is 0.990. The van der Waals surface area contributed by atoms with Gasteiger partial charge in [-0.25, -0.2) is 15.0 Å². The van der Waals surface area contributed by atoms with Gasteiger partial charge in [-0.05, 0) is 48.0 Å². The molecule has 0 amide bonds. The Morgan fingerprint density at radius 3 is 1.69 bits per heavy atom. The molecule has 0 spiro atoms. The van der Waals surface area contributed by atoms with Crippen LogP contribution in [0.4, 0.5) is 0 Å². The molecule has 5 heterocycles. The van der Waals surface area contributed by atoms with E-state index in [1.807, 2.05) is 17.4 Å². The molecule has 0 aliphatic carbocycles. The summed E-state index contributed by atoms with van der Waals surface area (Å²) in [4.78, 5) is 16.2. The van der Waals surface area contributed by atoms with Crippen molar-refractivity contribution in [3.05, 3.63) is 200 Å². The van der Waals surface area contributed by atoms with Gasteiger partial charge in [0.05, 0.1) is 22.6 Å². The van der Waals surface area contributed by atoms with Gasteiger partial charge in [0.15, 0.2) is 5.82 Å². The standard InChI is InChI=1S/C59H33N3OS2/c1-2-14-36(15-3-1)55-46-32-45(56-54(43-19-5-9-25-50(43)63-56)53(46)41-18-4-8-24-47(41)60-55)34-28-30-35(31-29-34)48-33-49(42-22-12-20-39-37-16-6-10-26-51(37)64-57(39)42)62-59(61-48)44-23-13-21-40-38-17-7-11-27-52(38)65-58(40)44/h1-33H. The maximum atomic E-state index is 6.86. The molecule has 0 fully saturated rings. The molecule has 14 aromatic rings. The summed E-state index contributed by atoms with van der Waals surface area (Å²) in [6.07, 6.45) is 0. The highest BCUT2D eigenvalue weighted by Gasteiger charge is 2.22. The largest absolute Gasteiger partial charge is 0.455 e. The second-order valence-electron chi connectivity index (χ2n) is 16.6. The fourth-order valence-electron chi connectivity index (χ4n) is 9.91. The number of rotatable bonds is 5. The molecule has 14 rings (SSSR count). The second kappa shape index (κ2) is 14.2. The molecule has 5 aromatic heterocycles. The summed E-state index contributed by atoms with van der Waals surface area (Å²) in [5.74, 6) is 0.712. The molecular formula is C59H33N3OS2. The lowest BCUT2D eigenvalue weighted by Crippen LogP contribution is -1.96. The van der Waals surface area contributed by atoms with Crippen molar-refractivity contribution in [1.29, 1.82) is 0 Å². The maximum absolute atomic E-state index is 6.86. The topological polar surface area (TPSA) is 51.8 Å². The van der Waals surface area contributed by atoms with Crippen molar-refractivity contribution in [3.63, 3.8) is 0 Å². The zero-order valence-corrected chi connectivity index (χ0v) is 36.3. The van der Waals surface area contributed by atoms with Crippen LogP contribution in [0.2, 0.25) is 0 Å². The maximum Gasteiger partial charge on any atom is 0.161 e. The number of para-hydroxylation sites is 2. The Morgan fingerprint density at radius 1 is 0.354 bits per heavy atom. The minimum atomic E-state index is 0.712. The summed E-state index contributed by atoms with van der Waals surface area (Å²) in [7, 11) is 0. The number of furan rings is 1. The van der Waals surface area contributed by atoms with Crippen molar-refractivity contribution < 1.29 is 4.42 Å². The molecule has 6 heteroatoms. The number of nitrogens with zero attached hydrogens (tertiary/aromatic N) is 3. The highest BCUT2D eigenvalue weighted by atomic mass is 32.1. The van der Waals surface area contributed by atoms with E-state index in [1.54, 1.807) is 11.3 Å². The number of pyridine rings is 1. The first-order valence-corrected chi connectivity index (χ1v) is 23.4.